The fraction of sp³-hybridized carbons (Fsp3) is 0.667. The molecule has 1 aliphatic carbocycles. The first kappa shape index (κ1) is 22.9. The van der Waals surface area contributed by atoms with E-state index in [2.05, 4.69) is 16.3 Å². The SMILES string of the molecule is O=S(=O)(N[C@H]1CCN2CCOc3cc4[nH]ncc4cc3C3CCC(CC3)OC[C@@H]12)C(F)(F)F. The topological polar surface area (TPSA) is 96.6 Å². The zero-order valence-corrected chi connectivity index (χ0v) is 18.8. The summed E-state index contributed by atoms with van der Waals surface area (Å²) < 4.78 is 76.5. The molecular formula is C21H27F3N4O4S. The van der Waals surface area contributed by atoms with Gasteiger partial charge in [0.2, 0.25) is 0 Å². The van der Waals surface area contributed by atoms with Gasteiger partial charge in [-0.1, -0.05) is 0 Å². The fourth-order valence-corrected chi connectivity index (χ4v) is 6.11. The first-order chi connectivity index (χ1) is 15.7. The highest BCUT2D eigenvalue weighted by Crippen LogP contribution is 2.40. The van der Waals surface area contributed by atoms with Gasteiger partial charge in [-0.15, -0.1) is 0 Å². The number of alkyl halides is 3. The van der Waals surface area contributed by atoms with E-state index >= 15 is 0 Å². The summed E-state index contributed by atoms with van der Waals surface area (Å²) in [6.45, 7) is 1.43. The lowest BCUT2D eigenvalue weighted by Crippen LogP contribution is -2.51. The Morgan fingerprint density at radius 3 is 2.67 bits per heavy atom. The lowest BCUT2D eigenvalue weighted by atomic mass is 9.82. The molecule has 182 valence electrons. The number of ether oxygens (including phenoxy) is 2. The zero-order valence-electron chi connectivity index (χ0n) is 18.0. The van der Waals surface area contributed by atoms with Crippen LogP contribution in [-0.2, 0) is 14.8 Å². The summed E-state index contributed by atoms with van der Waals surface area (Å²) in [5.74, 6) is 1.13. The number of fused-ring (bicyclic) bond motifs is 6. The van der Waals surface area contributed by atoms with Gasteiger partial charge in [0, 0.05) is 36.6 Å². The van der Waals surface area contributed by atoms with E-state index in [1.54, 1.807) is 6.20 Å². The van der Waals surface area contributed by atoms with Crippen molar-refractivity contribution in [3.05, 3.63) is 23.9 Å². The zero-order chi connectivity index (χ0) is 23.2. The second kappa shape index (κ2) is 8.71. The molecule has 12 heteroatoms. The lowest BCUT2D eigenvalue weighted by Gasteiger charge is -2.32. The minimum absolute atomic E-state index is 0.00588. The largest absolute Gasteiger partial charge is 0.511 e. The lowest BCUT2D eigenvalue weighted by molar-refractivity contribution is -0.0457. The number of sulfonamides is 1. The summed E-state index contributed by atoms with van der Waals surface area (Å²) in [6, 6.07) is 2.73. The summed E-state index contributed by atoms with van der Waals surface area (Å²) in [5, 5.41) is 8.11. The van der Waals surface area contributed by atoms with Crippen molar-refractivity contribution in [1.29, 1.82) is 0 Å². The highest BCUT2D eigenvalue weighted by molar-refractivity contribution is 7.90. The van der Waals surface area contributed by atoms with Gasteiger partial charge in [0.05, 0.1) is 24.4 Å². The van der Waals surface area contributed by atoms with E-state index in [0.717, 1.165) is 47.9 Å². The van der Waals surface area contributed by atoms with Gasteiger partial charge in [-0.25, -0.2) is 13.1 Å². The van der Waals surface area contributed by atoms with E-state index in [-0.39, 0.29) is 19.1 Å². The first-order valence-electron chi connectivity index (χ1n) is 11.3. The van der Waals surface area contributed by atoms with Crippen LogP contribution in [0.3, 0.4) is 0 Å². The maximum atomic E-state index is 12.9. The monoisotopic (exact) mass is 488 g/mol. The molecule has 2 fully saturated rings. The molecule has 0 unspecified atom stereocenters. The minimum atomic E-state index is -5.43. The van der Waals surface area contributed by atoms with Crippen molar-refractivity contribution in [3.63, 3.8) is 0 Å². The van der Waals surface area contributed by atoms with Crippen LogP contribution in [0.2, 0.25) is 0 Å². The van der Waals surface area contributed by atoms with Crippen molar-refractivity contribution in [3.8, 4) is 5.75 Å². The Hall–Kier alpha value is -1.89. The number of hydrogen-bond acceptors (Lipinski definition) is 6. The molecule has 8 nitrogen and oxygen atoms in total. The van der Waals surface area contributed by atoms with Crippen LogP contribution in [0.5, 0.6) is 5.75 Å². The number of aromatic nitrogens is 2. The third-order valence-corrected chi connectivity index (χ3v) is 8.32. The second-order valence-electron chi connectivity index (χ2n) is 9.07. The Morgan fingerprint density at radius 2 is 1.91 bits per heavy atom. The number of nitrogens with one attached hydrogen (secondary N) is 2. The maximum Gasteiger partial charge on any atom is 0.511 e. The summed E-state index contributed by atoms with van der Waals surface area (Å²) in [7, 11) is -5.43. The number of rotatable bonds is 2. The predicted molar refractivity (Wildman–Crippen MR) is 114 cm³/mol. The quantitative estimate of drug-likeness (QED) is 0.675. The van der Waals surface area contributed by atoms with E-state index in [9.17, 15) is 21.6 Å². The van der Waals surface area contributed by atoms with Crippen molar-refractivity contribution in [2.75, 3.05) is 26.3 Å². The normalized spacial score (nSPS) is 29.5. The van der Waals surface area contributed by atoms with Crippen molar-refractivity contribution in [2.24, 2.45) is 0 Å². The van der Waals surface area contributed by atoms with Gasteiger partial charge < -0.3 is 9.47 Å². The summed E-state index contributed by atoms with van der Waals surface area (Å²) in [5.41, 5.74) is -3.31. The Kier molecular flexibility index (Phi) is 6.04. The molecule has 2 bridgehead atoms. The molecular weight excluding hydrogens is 461 g/mol. The Bertz CT molecular complexity index is 1100. The van der Waals surface area contributed by atoms with Crippen molar-refractivity contribution < 1.29 is 31.1 Å². The van der Waals surface area contributed by atoms with Gasteiger partial charge in [0.1, 0.15) is 12.4 Å². The summed E-state index contributed by atoms with van der Waals surface area (Å²) in [6.07, 6.45) is 5.58. The van der Waals surface area contributed by atoms with Crippen molar-refractivity contribution in [2.45, 2.75) is 61.7 Å². The first-order valence-corrected chi connectivity index (χ1v) is 12.7. The van der Waals surface area contributed by atoms with Gasteiger partial charge in [0.15, 0.2) is 0 Å². The van der Waals surface area contributed by atoms with E-state index in [0.29, 0.717) is 25.6 Å². The predicted octanol–water partition coefficient (Wildman–Crippen LogP) is 2.88. The maximum absolute atomic E-state index is 12.9. The minimum Gasteiger partial charge on any atom is -0.492 e. The molecule has 3 aliphatic heterocycles. The molecule has 4 heterocycles. The van der Waals surface area contributed by atoms with Crippen LogP contribution in [0, 0.1) is 0 Å². The van der Waals surface area contributed by atoms with Crippen LogP contribution in [-0.4, -0.2) is 73.5 Å². The second-order valence-corrected chi connectivity index (χ2v) is 10.8. The van der Waals surface area contributed by atoms with E-state index in [4.69, 9.17) is 9.47 Å². The molecule has 1 saturated carbocycles. The van der Waals surface area contributed by atoms with Crippen LogP contribution < -0.4 is 9.46 Å². The molecule has 2 atom stereocenters. The van der Waals surface area contributed by atoms with Crippen LogP contribution >= 0.6 is 0 Å². The molecule has 6 rings (SSSR count). The number of benzene rings is 1. The van der Waals surface area contributed by atoms with Crippen LogP contribution in [0.1, 0.15) is 43.6 Å². The number of halogens is 3. The number of hydrogen-bond donors (Lipinski definition) is 2. The molecule has 0 spiro atoms. The van der Waals surface area contributed by atoms with Gasteiger partial charge in [-0.05, 0) is 49.7 Å². The molecule has 1 aromatic carbocycles. The Balaban J connectivity index is 1.39. The standard InChI is InChI=1S/C21H27F3N4O4S/c22-21(23,24)33(29,30)27-17-5-6-28-7-8-31-20-10-18-14(11-25-26-18)9-16(20)13-1-3-15(4-2-13)32-12-19(17)28/h9-11,13,15,17,19,27H,1-8,12H2,(H,25,26)/t13?,15?,17-,19-/m0/s1. The highest BCUT2D eigenvalue weighted by Gasteiger charge is 2.49. The molecule has 1 aromatic heterocycles. The van der Waals surface area contributed by atoms with Crippen LogP contribution in [0.15, 0.2) is 18.3 Å². The van der Waals surface area contributed by atoms with E-state index in [1.807, 2.05) is 15.7 Å². The molecule has 0 amide bonds. The smallest absolute Gasteiger partial charge is 0.492 e. The molecule has 2 aromatic rings. The van der Waals surface area contributed by atoms with Crippen molar-refractivity contribution >= 4 is 20.9 Å². The fourth-order valence-electron chi connectivity index (χ4n) is 5.30. The number of nitrogens with zero attached hydrogens (tertiary/aromatic N) is 2. The summed E-state index contributed by atoms with van der Waals surface area (Å²) in [4.78, 5) is 1.96. The van der Waals surface area contributed by atoms with E-state index < -0.39 is 27.6 Å². The number of aromatic amines is 1. The average molecular weight is 489 g/mol. The summed E-state index contributed by atoms with van der Waals surface area (Å²) >= 11 is 0. The third kappa shape index (κ3) is 4.58. The van der Waals surface area contributed by atoms with Crippen LogP contribution in [0.25, 0.3) is 10.9 Å². The van der Waals surface area contributed by atoms with Crippen LogP contribution in [0.4, 0.5) is 13.2 Å². The number of H-pyrrole nitrogens is 1. The van der Waals surface area contributed by atoms with Crippen molar-refractivity contribution in [1.82, 2.24) is 19.8 Å². The Morgan fingerprint density at radius 1 is 1.12 bits per heavy atom. The molecule has 33 heavy (non-hydrogen) atoms. The molecule has 2 N–H and O–H groups in total. The molecule has 1 saturated heterocycles. The van der Waals surface area contributed by atoms with Gasteiger partial charge >= 0.3 is 15.5 Å². The molecule has 0 radical (unpaired) electrons. The molecule has 4 aliphatic rings. The highest BCUT2D eigenvalue weighted by atomic mass is 32.2. The van der Waals surface area contributed by atoms with E-state index in [1.165, 1.54) is 0 Å². The van der Waals surface area contributed by atoms with Gasteiger partial charge in [-0.2, -0.15) is 18.3 Å². The Labute approximate surface area is 189 Å². The average Bonchev–Trinajstić information content (AvgIpc) is 3.37. The third-order valence-electron chi connectivity index (χ3n) is 7.10. The van der Waals surface area contributed by atoms with Gasteiger partial charge in [-0.3, -0.25) is 10.00 Å². The van der Waals surface area contributed by atoms with Gasteiger partial charge in [0.25, 0.3) is 0 Å².